The number of hydrogen-bond acceptors (Lipinski definition) is 3. The fourth-order valence-corrected chi connectivity index (χ4v) is 4.46. The smallest absolute Gasteiger partial charge is 0.254 e. The van der Waals surface area contributed by atoms with Crippen molar-refractivity contribution in [3.63, 3.8) is 0 Å². The molecule has 1 aliphatic heterocycles. The number of benzene rings is 1. The zero-order chi connectivity index (χ0) is 21.3. The molecule has 0 radical (unpaired) electrons. The van der Waals surface area contributed by atoms with Gasteiger partial charge < -0.3 is 9.47 Å². The molecule has 0 N–H and O–H groups in total. The Morgan fingerprint density at radius 1 is 0.931 bits per heavy atom. The van der Waals surface area contributed by atoms with Gasteiger partial charge in [-0.25, -0.2) is 0 Å². The molecule has 0 unspecified atom stereocenters. The molecule has 156 valence electrons. The SMILES string of the molecule is Cc1ccccc1C(=O)N1CCN(CC(=O)c2cc(C)n(C(C)(C)C)c2C)CC1. The van der Waals surface area contributed by atoms with Crippen LogP contribution in [0.3, 0.4) is 0 Å². The summed E-state index contributed by atoms with van der Waals surface area (Å²) >= 11 is 0. The Morgan fingerprint density at radius 3 is 2.10 bits per heavy atom. The van der Waals surface area contributed by atoms with Gasteiger partial charge in [0.25, 0.3) is 5.91 Å². The van der Waals surface area contributed by atoms with Crippen molar-refractivity contribution in [2.45, 2.75) is 47.1 Å². The summed E-state index contributed by atoms with van der Waals surface area (Å²) in [6.45, 7) is 15.7. The Hall–Kier alpha value is -2.40. The number of piperazine rings is 1. The van der Waals surface area contributed by atoms with Gasteiger partial charge in [0, 0.05) is 54.2 Å². The van der Waals surface area contributed by atoms with Crippen molar-refractivity contribution in [2.24, 2.45) is 0 Å². The van der Waals surface area contributed by atoms with Gasteiger partial charge in [0.2, 0.25) is 0 Å². The lowest BCUT2D eigenvalue weighted by Crippen LogP contribution is -2.50. The maximum Gasteiger partial charge on any atom is 0.254 e. The number of carbonyl (C=O) groups excluding carboxylic acids is 2. The van der Waals surface area contributed by atoms with Crippen molar-refractivity contribution in [1.82, 2.24) is 14.4 Å². The second-order valence-corrected chi connectivity index (χ2v) is 9.10. The van der Waals surface area contributed by atoms with Crippen LogP contribution < -0.4 is 0 Å². The largest absolute Gasteiger partial charge is 0.343 e. The highest BCUT2D eigenvalue weighted by Gasteiger charge is 2.27. The molecule has 1 fully saturated rings. The lowest BCUT2D eigenvalue weighted by Gasteiger charge is -2.34. The van der Waals surface area contributed by atoms with Crippen LogP contribution >= 0.6 is 0 Å². The maximum atomic E-state index is 13.0. The van der Waals surface area contributed by atoms with E-state index < -0.39 is 0 Å². The van der Waals surface area contributed by atoms with Crippen molar-refractivity contribution in [3.05, 3.63) is 58.4 Å². The quantitative estimate of drug-likeness (QED) is 0.740. The monoisotopic (exact) mass is 395 g/mol. The van der Waals surface area contributed by atoms with Crippen LogP contribution in [0.5, 0.6) is 0 Å². The minimum Gasteiger partial charge on any atom is -0.343 e. The van der Waals surface area contributed by atoms with E-state index in [-0.39, 0.29) is 17.2 Å². The molecule has 2 aromatic rings. The number of aromatic nitrogens is 1. The van der Waals surface area contributed by atoms with Gasteiger partial charge in [-0.15, -0.1) is 0 Å². The maximum absolute atomic E-state index is 13.0. The summed E-state index contributed by atoms with van der Waals surface area (Å²) in [6.07, 6.45) is 0. The summed E-state index contributed by atoms with van der Waals surface area (Å²) in [5.41, 5.74) is 4.70. The van der Waals surface area contributed by atoms with Crippen molar-refractivity contribution in [3.8, 4) is 0 Å². The Morgan fingerprint density at radius 2 is 1.55 bits per heavy atom. The van der Waals surface area contributed by atoms with Gasteiger partial charge in [0.15, 0.2) is 5.78 Å². The predicted octanol–water partition coefficient (Wildman–Crippen LogP) is 3.81. The van der Waals surface area contributed by atoms with E-state index >= 15 is 0 Å². The molecule has 5 heteroatoms. The molecular formula is C24H33N3O2. The molecule has 1 aromatic heterocycles. The molecule has 0 spiro atoms. The molecule has 29 heavy (non-hydrogen) atoms. The molecule has 5 nitrogen and oxygen atoms in total. The van der Waals surface area contributed by atoms with Crippen LogP contribution in [-0.2, 0) is 5.54 Å². The van der Waals surface area contributed by atoms with E-state index in [9.17, 15) is 9.59 Å². The van der Waals surface area contributed by atoms with Gasteiger partial charge in [0.05, 0.1) is 6.54 Å². The average molecular weight is 396 g/mol. The van der Waals surface area contributed by atoms with Crippen LogP contribution in [0.15, 0.2) is 30.3 Å². The first-order valence-corrected chi connectivity index (χ1v) is 10.4. The number of Topliss-reactive ketones (excluding diaryl/α,β-unsaturated/α-hetero) is 1. The number of ketones is 1. The molecule has 0 saturated carbocycles. The van der Waals surface area contributed by atoms with E-state index in [2.05, 4.69) is 37.2 Å². The van der Waals surface area contributed by atoms with Gasteiger partial charge in [-0.3, -0.25) is 14.5 Å². The van der Waals surface area contributed by atoms with Crippen molar-refractivity contribution >= 4 is 11.7 Å². The molecular weight excluding hydrogens is 362 g/mol. The topological polar surface area (TPSA) is 45.6 Å². The Bertz CT molecular complexity index is 913. The van der Waals surface area contributed by atoms with Crippen molar-refractivity contribution < 1.29 is 9.59 Å². The molecule has 0 atom stereocenters. The summed E-state index contributed by atoms with van der Waals surface area (Å²) in [6, 6.07) is 9.73. The van der Waals surface area contributed by atoms with Crippen LogP contribution in [-0.4, -0.2) is 58.8 Å². The molecule has 1 aromatic carbocycles. The third kappa shape index (κ3) is 4.45. The summed E-state index contributed by atoms with van der Waals surface area (Å²) in [7, 11) is 0. The summed E-state index contributed by atoms with van der Waals surface area (Å²) in [4.78, 5) is 29.8. The van der Waals surface area contributed by atoms with Gasteiger partial charge in [-0.1, -0.05) is 18.2 Å². The van der Waals surface area contributed by atoms with E-state index in [1.807, 2.05) is 49.1 Å². The molecule has 1 amide bonds. The third-order valence-electron chi connectivity index (χ3n) is 5.80. The molecule has 2 heterocycles. The highest BCUT2D eigenvalue weighted by molar-refractivity contribution is 5.99. The highest BCUT2D eigenvalue weighted by atomic mass is 16.2. The van der Waals surface area contributed by atoms with Crippen molar-refractivity contribution in [1.29, 1.82) is 0 Å². The zero-order valence-electron chi connectivity index (χ0n) is 18.6. The molecule has 1 aliphatic rings. The van der Waals surface area contributed by atoms with Crippen LogP contribution in [0, 0.1) is 20.8 Å². The first kappa shape index (κ1) is 21.3. The zero-order valence-corrected chi connectivity index (χ0v) is 18.6. The minimum absolute atomic E-state index is 0.0474. The number of rotatable bonds is 4. The van der Waals surface area contributed by atoms with E-state index in [1.54, 1.807) is 0 Å². The Kier molecular flexibility index (Phi) is 5.99. The molecule has 0 aliphatic carbocycles. The number of carbonyl (C=O) groups is 2. The fraction of sp³-hybridized carbons (Fsp3) is 0.500. The standard InChI is InChI=1S/C24H33N3O2/c1-17-9-7-8-10-20(17)23(29)26-13-11-25(12-14-26)16-22(28)21-15-18(2)27(19(21)3)24(4,5)6/h7-10,15H,11-14,16H2,1-6H3. The van der Waals surface area contributed by atoms with Crippen LogP contribution in [0.4, 0.5) is 0 Å². The van der Waals surface area contributed by atoms with E-state index in [1.165, 1.54) is 0 Å². The molecule has 0 bridgehead atoms. The normalized spacial score (nSPS) is 15.6. The lowest BCUT2D eigenvalue weighted by molar-refractivity contribution is 0.0623. The number of aryl methyl sites for hydroxylation is 2. The van der Waals surface area contributed by atoms with Gasteiger partial charge >= 0.3 is 0 Å². The number of nitrogens with zero attached hydrogens (tertiary/aromatic N) is 3. The van der Waals surface area contributed by atoms with E-state index in [4.69, 9.17) is 0 Å². The van der Waals surface area contributed by atoms with Crippen LogP contribution in [0.25, 0.3) is 0 Å². The first-order valence-electron chi connectivity index (χ1n) is 10.4. The van der Waals surface area contributed by atoms with Crippen LogP contribution in [0.2, 0.25) is 0 Å². The number of hydrogen-bond donors (Lipinski definition) is 0. The number of amides is 1. The summed E-state index contributed by atoms with van der Waals surface area (Å²) in [5.74, 6) is 0.245. The summed E-state index contributed by atoms with van der Waals surface area (Å²) < 4.78 is 2.24. The second kappa shape index (κ2) is 8.15. The van der Waals surface area contributed by atoms with Gasteiger partial charge in [-0.2, -0.15) is 0 Å². The first-order chi connectivity index (χ1) is 13.6. The fourth-order valence-electron chi connectivity index (χ4n) is 4.46. The van der Waals surface area contributed by atoms with Crippen LogP contribution in [0.1, 0.15) is 58.4 Å². The third-order valence-corrected chi connectivity index (χ3v) is 5.80. The van der Waals surface area contributed by atoms with Crippen molar-refractivity contribution in [2.75, 3.05) is 32.7 Å². The van der Waals surface area contributed by atoms with Gasteiger partial charge in [0.1, 0.15) is 0 Å². The van der Waals surface area contributed by atoms with Gasteiger partial charge in [-0.05, 0) is 59.2 Å². The lowest BCUT2D eigenvalue weighted by atomic mass is 10.1. The Balaban J connectivity index is 1.62. The van der Waals surface area contributed by atoms with E-state index in [0.29, 0.717) is 19.6 Å². The molecule has 1 saturated heterocycles. The highest BCUT2D eigenvalue weighted by Crippen LogP contribution is 2.25. The molecule has 3 rings (SSSR count). The van der Waals surface area contributed by atoms with E-state index in [0.717, 1.165) is 41.2 Å². The minimum atomic E-state index is -0.0474. The predicted molar refractivity (Wildman–Crippen MR) is 117 cm³/mol. The second-order valence-electron chi connectivity index (χ2n) is 9.10. The average Bonchev–Trinajstić information content (AvgIpc) is 2.96. The Labute approximate surface area is 174 Å². The summed E-state index contributed by atoms with van der Waals surface area (Å²) in [5, 5.41) is 0.